The van der Waals surface area contributed by atoms with Crippen LogP contribution in [-0.2, 0) is 30.3 Å². The molecule has 0 aromatic heterocycles. The van der Waals surface area contributed by atoms with Gasteiger partial charge in [-0.2, -0.15) is 0 Å². The number of methoxy groups -OCH3 is 1. The van der Waals surface area contributed by atoms with Crippen molar-refractivity contribution in [3.8, 4) is 5.75 Å². The van der Waals surface area contributed by atoms with E-state index in [2.05, 4.69) is 11.4 Å². The Hall–Kier alpha value is -3.11. The topological polar surface area (TPSA) is 107 Å². The molecule has 1 aromatic rings. The van der Waals surface area contributed by atoms with Crippen molar-refractivity contribution in [3.63, 3.8) is 0 Å². The highest BCUT2D eigenvalue weighted by Gasteiger charge is 2.62. The summed E-state index contributed by atoms with van der Waals surface area (Å²) in [5.74, 6) is -0.162. The maximum atomic E-state index is 14.1. The van der Waals surface area contributed by atoms with E-state index in [0.29, 0.717) is 32.5 Å². The van der Waals surface area contributed by atoms with Gasteiger partial charge >= 0.3 is 12.0 Å². The van der Waals surface area contributed by atoms with Crippen LogP contribution in [0.5, 0.6) is 5.75 Å². The van der Waals surface area contributed by atoms with Gasteiger partial charge in [0.05, 0.1) is 19.8 Å². The van der Waals surface area contributed by atoms with Crippen LogP contribution in [-0.4, -0.2) is 85.6 Å². The minimum Gasteiger partial charge on any atom is -0.497 e. The van der Waals surface area contributed by atoms with Gasteiger partial charge in [0.2, 0.25) is 5.91 Å². The lowest BCUT2D eigenvalue weighted by atomic mass is 10.1. The van der Waals surface area contributed by atoms with E-state index < -0.39 is 17.6 Å². The van der Waals surface area contributed by atoms with Gasteiger partial charge in [0.1, 0.15) is 24.1 Å². The summed E-state index contributed by atoms with van der Waals surface area (Å²) in [6.07, 6.45) is 8.24. The minimum atomic E-state index is -1.09. The number of ether oxygens (including phenoxy) is 4. The Bertz CT molecular complexity index is 1050. The van der Waals surface area contributed by atoms with E-state index in [1.165, 1.54) is 0 Å². The molecule has 10 heteroatoms. The number of allylic oxidation sites excluding steroid dienone is 1. The number of nitrogens with one attached hydrogen (secondary N) is 1. The second-order valence-corrected chi connectivity index (χ2v) is 10.6. The van der Waals surface area contributed by atoms with Gasteiger partial charge in [0.25, 0.3) is 0 Å². The Kier molecular flexibility index (Phi) is 10.4. The smallest absolute Gasteiger partial charge is 0.332 e. The van der Waals surface area contributed by atoms with Crippen LogP contribution in [0.4, 0.5) is 4.79 Å². The standard InChI is InChI=1S/C30H43N3O7/c1-4-38-21-40-25-17-26-27(34)31-30(28(35)39-5-2)18-23(30)11-9-7-6-8-10-16-32(29(36)33(26)20-25)19-22-12-14-24(37-3)15-13-22/h9,11-15,23,25-26H,4-8,10,16-21H2,1-3H3,(H,31,34)/b11-9-/t23-,25+,26-,30+/m0/s1. The first-order valence-electron chi connectivity index (χ1n) is 14.5. The molecule has 220 valence electrons. The fourth-order valence-corrected chi connectivity index (χ4v) is 5.50. The third-order valence-electron chi connectivity index (χ3n) is 7.87. The zero-order valence-corrected chi connectivity index (χ0v) is 23.9. The van der Waals surface area contributed by atoms with Crippen molar-refractivity contribution in [2.45, 2.75) is 76.6 Å². The first kappa shape index (κ1) is 29.9. The lowest BCUT2D eigenvalue weighted by molar-refractivity contribution is -0.149. The van der Waals surface area contributed by atoms with Crippen LogP contribution < -0.4 is 10.1 Å². The van der Waals surface area contributed by atoms with E-state index in [-0.39, 0.29) is 43.9 Å². The van der Waals surface area contributed by atoms with Gasteiger partial charge in [-0.3, -0.25) is 4.79 Å². The monoisotopic (exact) mass is 557 g/mol. The van der Waals surface area contributed by atoms with Crippen molar-refractivity contribution in [2.75, 3.05) is 40.2 Å². The number of esters is 1. The average molecular weight is 558 g/mol. The molecular weight excluding hydrogens is 514 g/mol. The fraction of sp³-hybridized carbons (Fsp3) is 0.633. The molecule has 1 N–H and O–H groups in total. The van der Waals surface area contributed by atoms with E-state index in [0.717, 1.165) is 37.0 Å². The zero-order valence-electron chi connectivity index (χ0n) is 23.9. The van der Waals surface area contributed by atoms with E-state index in [1.54, 1.807) is 18.9 Å². The summed E-state index contributed by atoms with van der Waals surface area (Å²) in [5.41, 5.74) is -0.118. The SMILES string of the molecule is CCOCO[C@@H]1C[C@H]2C(=O)N[C@]3(C(=O)OCC)C[C@@H]3/C=C\CCCCCN(Cc3ccc(OC)cc3)C(=O)N2C1. The first-order valence-corrected chi connectivity index (χ1v) is 14.5. The number of nitrogens with zero attached hydrogens (tertiary/aromatic N) is 2. The number of urea groups is 1. The van der Waals surface area contributed by atoms with E-state index in [9.17, 15) is 14.4 Å². The van der Waals surface area contributed by atoms with Gasteiger partial charge in [-0.1, -0.05) is 30.7 Å². The number of amides is 3. The molecule has 0 radical (unpaired) electrons. The number of carbonyl (C=O) groups is 3. The first-order chi connectivity index (χ1) is 19.4. The van der Waals surface area contributed by atoms with Gasteiger partial charge in [-0.25, -0.2) is 9.59 Å². The number of benzene rings is 1. The fourth-order valence-electron chi connectivity index (χ4n) is 5.50. The molecule has 1 saturated heterocycles. The predicted octanol–water partition coefficient (Wildman–Crippen LogP) is 3.64. The summed E-state index contributed by atoms with van der Waals surface area (Å²) in [5, 5.41) is 3.00. The summed E-state index contributed by atoms with van der Waals surface area (Å²) < 4.78 is 21.9. The van der Waals surface area contributed by atoms with Gasteiger partial charge in [-0.05, 0) is 57.2 Å². The van der Waals surface area contributed by atoms with E-state index in [1.807, 2.05) is 42.2 Å². The maximum Gasteiger partial charge on any atom is 0.332 e. The molecule has 4 rings (SSSR count). The molecule has 2 heterocycles. The quantitative estimate of drug-likeness (QED) is 0.214. The Morgan fingerprint density at radius 1 is 1.10 bits per heavy atom. The van der Waals surface area contributed by atoms with Crippen molar-refractivity contribution in [2.24, 2.45) is 5.92 Å². The maximum absolute atomic E-state index is 14.1. The Labute approximate surface area is 236 Å². The van der Waals surface area contributed by atoms with E-state index >= 15 is 0 Å². The number of fused-ring (bicyclic) bond motifs is 2. The molecule has 3 aliphatic rings. The Morgan fingerprint density at radius 3 is 2.62 bits per heavy atom. The normalized spacial score (nSPS) is 28.0. The molecule has 0 spiro atoms. The molecule has 1 aliphatic carbocycles. The van der Waals surface area contributed by atoms with Crippen molar-refractivity contribution < 1.29 is 33.3 Å². The van der Waals surface area contributed by atoms with Crippen molar-refractivity contribution >= 4 is 17.9 Å². The van der Waals surface area contributed by atoms with Gasteiger partial charge in [-0.15, -0.1) is 0 Å². The van der Waals surface area contributed by atoms with Crippen LogP contribution in [0, 0.1) is 5.92 Å². The van der Waals surface area contributed by atoms with Gasteiger partial charge < -0.3 is 34.1 Å². The predicted molar refractivity (Wildman–Crippen MR) is 148 cm³/mol. The molecule has 4 atom stereocenters. The van der Waals surface area contributed by atoms with Crippen LogP contribution in [0.2, 0.25) is 0 Å². The molecule has 0 bridgehead atoms. The third-order valence-corrected chi connectivity index (χ3v) is 7.87. The molecule has 0 unspecified atom stereocenters. The third kappa shape index (κ3) is 7.14. The van der Waals surface area contributed by atoms with Crippen molar-refractivity contribution in [1.82, 2.24) is 15.1 Å². The second kappa shape index (κ2) is 14.0. The highest BCUT2D eigenvalue weighted by Crippen LogP contribution is 2.46. The van der Waals surface area contributed by atoms with Crippen LogP contribution in [0.1, 0.15) is 57.9 Å². The largest absolute Gasteiger partial charge is 0.497 e. The molecule has 2 aliphatic heterocycles. The van der Waals surface area contributed by atoms with Crippen LogP contribution in [0.3, 0.4) is 0 Å². The molecule has 2 fully saturated rings. The molecule has 3 amide bonds. The number of rotatable bonds is 9. The summed E-state index contributed by atoms with van der Waals surface area (Å²) >= 11 is 0. The Balaban J connectivity index is 1.60. The van der Waals surface area contributed by atoms with Gasteiger partial charge in [0, 0.05) is 38.6 Å². The van der Waals surface area contributed by atoms with Gasteiger partial charge in [0.15, 0.2) is 0 Å². The average Bonchev–Trinajstić information content (AvgIpc) is 3.48. The summed E-state index contributed by atoms with van der Waals surface area (Å²) in [4.78, 5) is 44.3. The highest BCUT2D eigenvalue weighted by molar-refractivity contribution is 5.95. The van der Waals surface area contributed by atoms with Crippen molar-refractivity contribution in [1.29, 1.82) is 0 Å². The summed E-state index contributed by atoms with van der Waals surface area (Å²) in [6, 6.07) is 6.66. The minimum absolute atomic E-state index is 0.0900. The summed E-state index contributed by atoms with van der Waals surface area (Å²) in [7, 11) is 1.62. The van der Waals surface area contributed by atoms with Crippen LogP contribution in [0.15, 0.2) is 36.4 Å². The highest BCUT2D eigenvalue weighted by atomic mass is 16.7. The molecule has 10 nitrogen and oxygen atoms in total. The number of hydrogen-bond donors (Lipinski definition) is 1. The molecular formula is C30H43N3O7. The Morgan fingerprint density at radius 2 is 1.90 bits per heavy atom. The van der Waals surface area contributed by atoms with E-state index in [4.69, 9.17) is 18.9 Å². The molecule has 40 heavy (non-hydrogen) atoms. The second-order valence-electron chi connectivity index (χ2n) is 10.6. The molecule has 1 aromatic carbocycles. The lowest BCUT2D eigenvalue weighted by Crippen LogP contribution is -2.55. The number of hydrogen-bond acceptors (Lipinski definition) is 7. The molecule has 1 saturated carbocycles. The van der Waals surface area contributed by atoms with Crippen LogP contribution >= 0.6 is 0 Å². The summed E-state index contributed by atoms with van der Waals surface area (Å²) in [6.45, 7) is 5.70. The number of carbonyl (C=O) groups excluding carboxylic acids is 3. The lowest BCUT2D eigenvalue weighted by Gasteiger charge is -2.32. The van der Waals surface area contributed by atoms with Crippen LogP contribution in [0.25, 0.3) is 0 Å². The zero-order chi connectivity index (χ0) is 28.5. The van der Waals surface area contributed by atoms with Crippen molar-refractivity contribution in [3.05, 3.63) is 42.0 Å².